The molecular formula is C19H23N3O3S. The van der Waals surface area contributed by atoms with Crippen LogP contribution in [0.4, 0.5) is 5.69 Å². The fourth-order valence-corrected chi connectivity index (χ4v) is 2.91. The zero-order valence-electron chi connectivity index (χ0n) is 14.9. The Morgan fingerprint density at radius 2 is 1.77 bits per heavy atom. The van der Waals surface area contributed by atoms with E-state index in [9.17, 15) is 14.4 Å². The van der Waals surface area contributed by atoms with Crippen molar-refractivity contribution in [2.24, 2.45) is 0 Å². The summed E-state index contributed by atoms with van der Waals surface area (Å²) in [6.07, 6.45) is 0.497. The summed E-state index contributed by atoms with van der Waals surface area (Å²) < 4.78 is 0. The van der Waals surface area contributed by atoms with Crippen LogP contribution in [0, 0.1) is 0 Å². The van der Waals surface area contributed by atoms with E-state index in [0.717, 1.165) is 5.56 Å². The third-order valence-electron chi connectivity index (χ3n) is 3.43. The van der Waals surface area contributed by atoms with Crippen LogP contribution in [0.25, 0.3) is 0 Å². The number of carbonyl (C=O) groups is 3. The Kier molecular flexibility index (Phi) is 7.35. The summed E-state index contributed by atoms with van der Waals surface area (Å²) in [5.74, 6) is -0.378. The predicted molar refractivity (Wildman–Crippen MR) is 103 cm³/mol. The van der Waals surface area contributed by atoms with Crippen LogP contribution >= 0.6 is 11.3 Å². The first kappa shape index (κ1) is 19.7. The highest BCUT2D eigenvalue weighted by molar-refractivity contribution is 7.12. The maximum absolute atomic E-state index is 11.9. The van der Waals surface area contributed by atoms with Crippen LogP contribution in [0.15, 0.2) is 41.8 Å². The van der Waals surface area contributed by atoms with E-state index in [2.05, 4.69) is 16.0 Å². The first-order valence-electron chi connectivity index (χ1n) is 8.44. The Labute approximate surface area is 157 Å². The number of carbonyl (C=O) groups excluding carboxylic acids is 3. The lowest BCUT2D eigenvalue weighted by Gasteiger charge is -2.09. The van der Waals surface area contributed by atoms with Gasteiger partial charge in [0.15, 0.2) is 0 Å². The number of anilines is 1. The molecule has 0 aliphatic heterocycles. The molecule has 7 heteroatoms. The van der Waals surface area contributed by atoms with Crippen LogP contribution < -0.4 is 16.0 Å². The summed E-state index contributed by atoms with van der Waals surface area (Å²) in [5, 5.41) is 10.2. The summed E-state index contributed by atoms with van der Waals surface area (Å²) in [7, 11) is 0. The summed E-state index contributed by atoms with van der Waals surface area (Å²) in [4.78, 5) is 36.1. The zero-order valence-corrected chi connectivity index (χ0v) is 15.7. The van der Waals surface area contributed by atoms with E-state index < -0.39 is 0 Å². The maximum Gasteiger partial charge on any atom is 0.261 e. The molecule has 3 amide bonds. The molecule has 6 nitrogen and oxygen atoms in total. The second-order valence-corrected chi connectivity index (χ2v) is 7.07. The molecule has 0 spiro atoms. The van der Waals surface area contributed by atoms with Gasteiger partial charge in [-0.2, -0.15) is 0 Å². The molecule has 0 fully saturated rings. The van der Waals surface area contributed by atoms with Crippen LogP contribution in [0.5, 0.6) is 0 Å². The molecule has 0 bridgehead atoms. The Balaban J connectivity index is 1.73. The Morgan fingerprint density at radius 3 is 2.38 bits per heavy atom. The normalized spacial score (nSPS) is 10.4. The third-order valence-corrected chi connectivity index (χ3v) is 4.30. The van der Waals surface area contributed by atoms with Crippen LogP contribution in [0.2, 0.25) is 0 Å². The molecule has 1 aromatic heterocycles. The highest BCUT2D eigenvalue weighted by atomic mass is 32.1. The number of nitrogens with one attached hydrogen (secondary N) is 3. The van der Waals surface area contributed by atoms with Crippen molar-refractivity contribution < 1.29 is 14.4 Å². The molecule has 0 saturated heterocycles. The van der Waals surface area contributed by atoms with E-state index in [1.807, 2.05) is 37.4 Å². The fraction of sp³-hybridized carbons (Fsp3) is 0.316. The van der Waals surface area contributed by atoms with Gasteiger partial charge in [0, 0.05) is 24.7 Å². The summed E-state index contributed by atoms with van der Waals surface area (Å²) in [5.41, 5.74) is 1.54. The number of benzene rings is 1. The minimum atomic E-state index is -0.179. The lowest BCUT2D eigenvalue weighted by molar-refractivity contribution is -0.121. The number of amides is 3. The van der Waals surface area contributed by atoms with Crippen molar-refractivity contribution in [3.05, 3.63) is 52.2 Å². The number of thiophene rings is 1. The van der Waals surface area contributed by atoms with Gasteiger partial charge in [0.1, 0.15) is 0 Å². The number of hydrogen-bond acceptors (Lipinski definition) is 4. The lowest BCUT2D eigenvalue weighted by Crippen LogP contribution is -2.31. The van der Waals surface area contributed by atoms with Crippen molar-refractivity contribution in [3.63, 3.8) is 0 Å². The van der Waals surface area contributed by atoms with Gasteiger partial charge in [-0.3, -0.25) is 14.4 Å². The first-order valence-corrected chi connectivity index (χ1v) is 9.32. The standard InChI is InChI=1S/C19H23N3O3S/c1-13(2)21-18(24)12-14-5-7-15(8-6-14)22-17(23)9-10-20-19(25)16-4-3-11-26-16/h3-8,11,13H,9-10,12H2,1-2H3,(H,20,25)(H,21,24)(H,22,23). The molecule has 0 aliphatic carbocycles. The average molecular weight is 373 g/mol. The van der Waals surface area contributed by atoms with Crippen molar-refractivity contribution in [1.82, 2.24) is 10.6 Å². The highest BCUT2D eigenvalue weighted by Gasteiger charge is 2.08. The Bertz CT molecular complexity index is 740. The van der Waals surface area contributed by atoms with Crippen molar-refractivity contribution in [1.29, 1.82) is 0 Å². The second-order valence-electron chi connectivity index (χ2n) is 6.13. The first-order chi connectivity index (χ1) is 12.4. The fourth-order valence-electron chi connectivity index (χ4n) is 2.27. The van der Waals surface area contributed by atoms with E-state index in [-0.39, 0.29) is 36.7 Å². The van der Waals surface area contributed by atoms with Crippen molar-refractivity contribution in [2.45, 2.75) is 32.7 Å². The minimum absolute atomic E-state index is 0.0294. The minimum Gasteiger partial charge on any atom is -0.354 e. The number of rotatable bonds is 8. The quantitative estimate of drug-likeness (QED) is 0.665. The Hall–Kier alpha value is -2.67. The van der Waals surface area contributed by atoms with E-state index >= 15 is 0 Å². The van der Waals surface area contributed by atoms with Crippen LogP contribution in [0.3, 0.4) is 0 Å². The van der Waals surface area contributed by atoms with Crippen molar-refractivity contribution in [2.75, 3.05) is 11.9 Å². The third kappa shape index (κ3) is 6.68. The highest BCUT2D eigenvalue weighted by Crippen LogP contribution is 2.11. The Morgan fingerprint density at radius 1 is 1.04 bits per heavy atom. The molecule has 3 N–H and O–H groups in total. The zero-order chi connectivity index (χ0) is 18.9. The number of hydrogen-bond donors (Lipinski definition) is 3. The largest absolute Gasteiger partial charge is 0.354 e. The van der Waals surface area contributed by atoms with Crippen LogP contribution in [0.1, 0.15) is 35.5 Å². The summed E-state index contributed by atoms with van der Waals surface area (Å²) in [6, 6.07) is 10.8. The average Bonchev–Trinajstić information content (AvgIpc) is 3.10. The van der Waals surface area contributed by atoms with E-state index in [1.54, 1.807) is 18.2 Å². The van der Waals surface area contributed by atoms with Crippen LogP contribution in [-0.2, 0) is 16.0 Å². The molecule has 138 valence electrons. The van der Waals surface area contributed by atoms with Crippen molar-refractivity contribution >= 4 is 34.7 Å². The van der Waals surface area contributed by atoms with Gasteiger partial charge in [0.25, 0.3) is 5.91 Å². The van der Waals surface area contributed by atoms with E-state index in [4.69, 9.17) is 0 Å². The van der Waals surface area contributed by atoms with Gasteiger partial charge < -0.3 is 16.0 Å². The molecule has 0 unspecified atom stereocenters. The van der Waals surface area contributed by atoms with Crippen LogP contribution in [-0.4, -0.2) is 30.3 Å². The maximum atomic E-state index is 11.9. The SMILES string of the molecule is CC(C)NC(=O)Cc1ccc(NC(=O)CCNC(=O)c2cccs2)cc1. The topological polar surface area (TPSA) is 87.3 Å². The second kappa shape index (κ2) is 9.72. The molecule has 1 aromatic carbocycles. The smallest absolute Gasteiger partial charge is 0.261 e. The van der Waals surface area contributed by atoms with Gasteiger partial charge in [-0.05, 0) is 43.0 Å². The van der Waals surface area contributed by atoms with Gasteiger partial charge in [-0.15, -0.1) is 11.3 Å². The van der Waals surface area contributed by atoms with Gasteiger partial charge in [-0.1, -0.05) is 18.2 Å². The summed E-state index contributed by atoms with van der Waals surface area (Å²) in [6.45, 7) is 4.11. The van der Waals surface area contributed by atoms with Crippen molar-refractivity contribution in [3.8, 4) is 0 Å². The van der Waals surface area contributed by atoms with Gasteiger partial charge in [0.2, 0.25) is 11.8 Å². The monoisotopic (exact) mass is 373 g/mol. The van der Waals surface area contributed by atoms with E-state index in [0.29, 0.717) is 17.0 Å². The molecule has 0 aliphatic rings. The molecule has 26 heavy (non-hydrogen) atoms. The molecule has 2 aromatic rings. The molecular weight excluding hydrogens is 350 g/mol. The lowest BCUT2D eigenvalue weighted by atomic mass is 10.1. The predicted octanol–water partition coefficient (Wildman–Crippen LogP) is 2.57. The molecule has 2 rings (SSSR count). The van der Waals surface area contributed by atoms with Gasteiger partial charge in [-0.25, -0.2) is 0 Å². The van der Waals surface area contributed by atoms with Gasteiger partial charge >= 0.3 is 0 Å². The van der Waals surface area contributed by atoms with E-state index in [1.165, 1.54) is 11.3 Å². The summed E-state index contributed by atoms with van der Waals surface area (Å²) >= 11 is 1.36. The molecule has 1 heterocycles. The molecule has 0 radical (unpaired) electrons. The molecule has 0 atom stereocenters. The van der Waals surface area contributed by atoms with Gasteiger partial charge in [0.05, 0.1) is 11.3 Å². The molecule has 0 saturated carbocycles.